The van der Waals surface area contributed by atoms with Gasteiger partial charge in [0.25, 0.3) is 17.7 Å². The van der Waals surface area contributed by atoms with Crippen molar-refractivity contribution in [3.05, 3.63) is 178 Å². The Labute approximate surface area is 528 Å². The molecule has 0 unspecified atom stereocenters. The number of carbonyl (C=O) groups excluding carboxylic acids is 6. The molecule has 91 heavy (non-hydrogen) atoms. The Kier molecular flexibility index (Phi) is 20.4. The van der Waals surface area contributed by atoms with Gasteiger partial charge in [0.2, 0.25) is 0 Å². The summed E-state index contributed by atoms with van der Waals surface area (Å²) in [6, 6.07) is 37.9. The van der Waals surface area contributed by atoms with E-state index < -0.39 is 57.6 Å². The zero-order chi connectivity index (χ0) is 65.4. The zero-order valence-corrected chi connectivity index (χ0v) is 52.3. The van der Waals surface area contributed by atoms with Gasteiger partial charge in [0.05, 0.1) is 21.3 Å². The predicted molar refractivity (Wildman–Crippen MR) is 357 cm³/mol. The molecular weight excluding hydrogens is 1150 g/mol. The molecule has 0 aliphatic heterocycles. The van der Waals surface area contributed by atoms with Gasteiger partial charge in [0.15, 0.2) is 34.0 Å². The Hall–Kier alpha value is -9.48. The first-order chi connectivity index (χ1) is 43.6. The number of H-pyrrole nitrogens is 3. The van der Waals surface area contributed by atoms with Crippen LogP contribution in [0, 0.1) is 20.8 Å². The highest BCUT2D eigenvalue weighted by Crippen LogP contribution is 2.37. The maximum atomic E-state index is 14.4. The standard InChI is InChI=1S/C70H82N12O9/c1-40-52(55-34-49(89-4)22-25-58(55)77-40)37-61(83)68(74,28-7-31-71)65(86)80-46-16-10-43(11-17-46)64(44-12-18-47(19-13-44)81-66(87)69(75,29-8-32-72)62(84)38-53-41(2)78-59-26-23-50(90-5)35-56(53)59)45-14-20-48(21-15-45)82-67(88)70(76,30-9-33-73)63(85)39-54-42(3)79-60-27-24-51(91-6)36-57(54)60/h10-27,34-36,64,77-79H,7-9,28-33,37-39,71-76H2,1-6H3,(H,80,86)(H,81,87)(H,82,88)/t68-,69-,70-/m1/s1. The van der Waals surface area contributed by atoms with E-state index in [0.717, 1.165) is 66.5 Å². The van der Waals surface area contributed by atoms with Gasteiger partial charge in [0.1, 0.15) is 17.2 Å². The van der Waals surface area contributed by atoms with Crippen LogP contribution in [0.3, 0.4) is 0 Å². The van der Waals surface area contributed by atoms with Gasteiger partial charge in [-0.2, -0.15) is 0 Å². The van der Waals surface area contributed by atoms with E-state index >= 15 is 0 Å². The summed E-state index contributed by atoms with van der Waals surface area (Å²) < 4.78 is 16.4. The quantitative estimate of drug-likeness (QED) is 0.0151. The summed E-state index contributed by atoms with van der Waals surface area (Å²) in [5.41, 5.74) is 42.8. The number of rotatable bonds is 30. The molecule has 6 aromatic carbocycles. The first-order valence-electron chi connectivity index (χ1n) is 30.4. The normalized spacial score (nSPS) is 13.5. The molecular formula is C70H82N12O9. The van der Waals surface area contributed by atoms with Crippen molar-refractivity contribution in [1.29, 1.82) is 0 Å². The lowest BCUT2D eigenvalue weighted by Crippen LogP contribution is -2.58. The largest absolute Gasteiger partial charge is 0.497 e. The molecule has 9 rings (SSSR count). The van der Waals surface area contributed by atoms with Crippen molar-refractivity contribution < 1.29 is 43.0 Å². The fourth-order valence-electron chi connectivity index (χ4n) is 12.0. The Morgan fingerprint density at radius 3 is 0.890 bits per heavy atom. The number of nitrogens with two attached hydrogens (primary N) is 6. The average molecular weight is 1240 g/mol. The fraction of sp³-hybridized carbons (Fsp3) is 0.314. The van der Waals surface area contributed by atoms with E-state index in [1.165, 1.54) is 0 Å². The van der Waals surface area contributed by atoms with Crippen molar-refractivity contribution >= 4 is 84.8 Å². The number of anilines is 3. The van der Waals surface area contributed by atoms with Crippen LogP contribution in [-0.2, 0) is 48.0 Å². The first-order valence-corrected chi connectivity index (χ1v) is 30.4. The molecule has 0 spiro atoms. The van der Waals surface area contributed by atoms with Crippen LogP contribution >= 0.6 is 0 Å². The summed E-state index contributed by atoms with van der Waals surface area (Å²) in [6.07, 6.45) is 0.560. The SMILES string of the molecule is COc1ccc2[nH]c(C)c(CC(=O)[C@](N)(CCCN)C(=O)Nc3ccc(C(c4ccc(NC(=O)[C@@](N)(CCCN)C(=O)Cc5c(C)[nH]c6ccc(OC)cc56)cc4)c4ccc(NC(=O)[C@@](N)(CCCN)C(=O)Cc5c(C)[nH]c6ccc(OC)cc56)cc4)cc3)c2c1. The maximum absolute atomic E-state index is 14.4. The van der Waals surface area contributed by atoms with Gasteiger partial charge < -0.3 is 79.5 Å². The van der Waals surface area contributed by atoms with Crippen LogP contribution in [0.4, 0.5) is 17.1 Å². The molecule has 3 atom stereocenters. The second-order valence-electron chi connectivity index (χ2n) is 23.5. The Morgan fingerprint density at radius 2 is 0.659 bits per heavy atom. The van der Waals surface area contributed by atoms with Gasteiger partial charge in [-0.05, 0) is 203 Å². The van der Waals surface area contributed by atoms with Crippen LogP contribution in [0.15, 0.2) is 127 Å². The van der Waals surface area contributed by atoms with E-state index in [2.05, 4.69) is 30.9 Å². The van der Waals surface area contributed by atoms with Gasteiger partial charge in [-0.25, -0.2) is 0 Å². The van der Waals surface area contributed by atoms with Gasteiger partial charge in [0, 0.05) is 92.0 Å². The molecule has 21 heteroatoms. The highest BCUT2D eigenvalue weighted by atomic mass is 16.5. The number of aromatic nitrogens is 3. The minimum Gasteiger partial charge on any atom is -0.497 e. The van der Waals surface area contributed by atoms with Crippen LogP contribution in [0.1, 0.15) is 94.9 Å². The zero-order valence-electron chi connectivity index (χ0n) is 52.3. The third-order valence-corrected chi connectivity index (χ3v) is 17.5. The van der Waals surface area contributed by atoms with Crippen molar-refractivity contribution in [2.75, 3.05) is 56.9 Å². The van der Waals surface area contributed by atoms with E-state index in [9.17, 15) is 28.8 Å². The Balaban J connectivity index is 0.996. The Bertz CT molecular complexity index is 3730. The molecule has 18 N–H and O–H groups in total. The van der Waals surface area contributed by atoms with E-state index in [0.29, 0.717) is 70.3 Å². The van der Waals surface area contributed by atoms with E-state index in [4.69, 9.17) is 48.6 Å². The Morgan fingerprint density at radius 1 is 0.407 bits per heavy atom. The molecule has 0 fully saturated rings. The molecule has 0 radical (unpaired) electrons. The second kappa shape index (κ2) is 28.1. The molecule has 476 valence electrons. The highest BCUT2D eigenvalue weighted by molar-refractivity contribution is 6.18. The smallest absolute Gasteiger partial charge is 0.252 e. The summed E-state index contributed by atoms with van der Waals surface area (Å²) in [5, 5.41) is 11.1. The van der Waals surface area contributed by atoms with Gasteiger partial charge in [-0.15, -0.1) is 0 Å². The molecule has 21 nitrogen and oxygen atoms in total. The molecule has 0 saturated carbocycles. The predicted octanol–water partition coefficient (Wildman–Crippen LogP) is 7.82. The molecule has 3 aromatic heterocycles. The van der Waals surface area contributed by atoms with Crippen molar-refractivity contribution in [3.8, 4) is 17.2 Å². The summed E-state index contributed by atoms with van der Waals surface area (Å²) in [5.74, 6) is -2.21. The average Bonchev–Trinajstić information content (AvgIpc) is 1.83. The lowest BCUT2D eigenvalue weighted by atomic mass is 9.83. The number of hydrogen-bond donors (Lipinski definition) is 12. The lowest BCUT2D eigenvalue weighted by molar-refractivity contribution is -0.134. The van der Waals surface area contributed by atoms with Crippen LogP contribution in [0.2, 0.25) is 0 Å². The number of carbonyl (C=O) groups is 6. The number of nitrogens with one attached hydrogen (secondary N) is 6. The number of amides is 3. The minimum absolute atomic E-state index is 0.0000771. The van der Waals surface area contributed by atoms with Crippen LogP contribution in [0.25, 0.3) is 32.7 Å². The van der Waals surface area contributed by atoms with Crippen molar-refractivity contribution in [3.63, 3.8) is 0 Å². The summed E-state index contributed by atoms with van der Waals surface area (Å²) in [4.78, 5) is 96.2. The maximum Gasteiger partial charge on any atom is 0.252 e. The van der Waals surface area contributed by atoms with Gasteiger partial charge >= 0.3 is 0 Å². The number of ketones is 3. The monoisotopic (exact) mass is 1230 g/mol. The number of Topliss-reactive ketones (excluding diaryl/α,β-unsaturated/α-hetero) is 3. The molecule has 0 bridgehead atoms. The number of ether oxygens (including phenoxy) is 3. The number of aromatic amines is 3. The number of fused-ring (bicyclic) bond motifs is 3. The number of aryl methyl sites for hydroxylation is 3. The molecule has 3 heterocycles. The van der Waals surface area contributed by atoms with E-state index in [1.54, 1.807) is 57.7 Å². The van der Waals surface area contributed by atoms with Crippen LogP contribution < -0.4 is 64.6 Å². The lowest BCUT2D eigenvalue weighted by Gasteiger charge is -2.28. The van der Waals surface area contributed by atoms with Crippen molar-refractivity contribution in [2.24, 2.45) is 34.4 Å². The minimum atomic E-state index is -1.94. The van der Waals surface area contributed by atoms with Crippen molar-refractivity contribution in [2.45, 2.75) is 101 Å². The number of methoxy groups -OCH3 is 3. The van der Waals surface area contributed by atoms with Crippen LogP contribution in [0.5, 0.6) is 17.2 Å². The number of hydrogen-bond acceptors (Lipinski definition) is 15. The molecule has 0 aliphatic rings. The van der Waals surface area contributed by atoms with E-state index in [1.807, 2.05) is 112 Å². The third-order valence-electron chi connectivity index (χ3n) is 17.5. The van der Waals surface area contributed by atoms with E-state index in [-0.39, 0.29) is 58.2 Å². The van der Waals surface area contributed by atoms with Crippen molar-refractivity contribution in [1.82, 2.24) is 15.0 Å². The van der Waals surface area contributed by atoms with Gasteiger partial charge in [-0.3, -0.25) is 28.8 Å². The summed E-state index contributed by atoms with van der Waals surface area (Å²) >= 11 is 0. The molecule has 0 saturated heterocycles. The molecule has 3 amide bonds. The molecule has 9 aromatic rings. The highest BCUT2D eigenvalue weighted by Gasteiger charge is 2.44. The second-order valence-corrected chi connectivity index (χ2v) is 23.5. The van der Waals surface area contributed by atoms with Gasteiger partial charge in [-0.1, -0.05) is 36.4 Å². The number of benzene rings is 6. The third kappa shape index (κ3) is 14.0. The van der Waals surface area contributed by atoms with Crippen LogP contribution in [-0.4, -0.2) is 108 Å². The summed E-state index contributed by atoms with van der Waals surface area (Å²) in [6.45, 7) is 6.20. The summed E-state index contributed by atoms with van der Waals surface area (Å²) in [7, 11) is 4.69. The first kappa shape index (κ1) is 66.0. The topological polar surface area (TPSA) is 370 Å². The fourth-order valence-corrected chi connectivity index (χ4v) is 12.0. The molecule has 0 aliphatic carbocycles.